The molecule has 3 rings (SSSR count). The van der Waals surface area contributed by atoms with Gasteiger partial charge in [-0.15, -0.1) is 0 Å². The summed E-state index contributed by atoms with van der Waals surface area (Å²) in [4.78, 5) is 21.5. The molecule has 0 radical (unpaired) electrons. The third kappa shape index (κ3) is 4.36. The second kappa shape index (κ2) is 7.66. The Bertz CT molecular complexity index is 829. The SMILES string of the molecule is O=C(O)Cc1ccc(-c2ccc(-c3ccc(CC(=O)O)cc3)cc2)cc1. The molecule has 0 atom stereocenters. The van der Waals surface area contributed by atoms with Gasteiger partial charge in [0, 0.05) is 0 Å². The summed E-state index contributed by atoms with van der Waals surface area (Å²) >= 11 is 0. The predicted molar refractivity (Wildman–Crippen MR) is 100.0 cm³/mol. The molecule has 0 aliphatic rings. The molecular weight excluding hydrogens is 328 g/mol. The molecule has 4 heteroatoms. The van der Waals surface area contributed by atoms with E-state index in [0.29, 0.717) is 0 Å². The fraction of sp³-hybridized carbons (Fsp3) is 0.0909. The highest BCUT2D eigenvalue weighted by Crippen LogP contribution is 2.25. The van der Waals surface area contributed by atoms with Crippen molar-refractivity contribution in [2.45, 2.75) is 12.8 Å². The van der Waals surface area contributed by atoms with Gasteiger partial charge in [-0.2, -0.15) is 0 Å². The van der Waals surface area contributed by atoms with Crippen LogP contribution in [-0.4, -0.2) is 22.2 Å². The van der Waals surface area contributed by atoms with Crippen molar-refractivity contribution < 1.29 is 19.8 Å². The van der Waals surface area contributed by atoms with Crippen molar-refractivity contribution >= 4 is 11.9 Å². The predicted octanol–water partition coefficient (Wildman–Crippen LogP) is 4.27. The van der Waals surface area contributed by atoms with E-state index in [1.165, 1.54) is 0 Å². The van der Waals surface area contributed by atoms with Crippen molar-refractivity contribution in [3.63, 3.8) is 0 Å². The molecule has 0 saturated carbocycles. The van der Waals surface area contributed by atoms with Gasteiger partial charge in [-0.1, -0.05) is 72.8 Å². The Balaban J connectivity index is 1.75. The lowest BCUT2D eigenvalue weighted by atomic mass is 9.98. The van der Waals surface area contributed by atoms with E-state index in [-0.39, 0.29) is 12.8 Å². The highest BCUT2D eigenvalue weighted by Gasteiger charge is 2.04. The first-order valence-electron chi connectivity index (χ1n) is 8.23. The number of carboxylic acids is 2. The number of hydrogen-bond donors (Lipinski definition) is 2. The standard InChI is InChI=1S/C22H18O4/c23-21(24)13-15-1-5-17(6-2-15)19-9-11-20(12-10-19)18-7-3-16(4-8-18)14-22(25)26/h1-12H,13-14H2,(H,23,24)(H,25,26). The van der Waals surface area contributed by atoms with E-state index in [2.05, 4.69) is 0 Å². The molecule has 130 valence electrons. The monoisotopic (exact) mass is 346 g/mol. The van der Waals surface area contributed by atoms with Gasteiger partial charge in [-0.3, -0.25) is 9.59 Å². The van der Waals surface area contributed by atoms with Crippen LogP contribution < -0.4 is 0 Å². The molecule has 0 spiro atoms. The van der Waals surface area contributed by atoms with Crippen molar-refractivity contribution in [1.82, 2.24) is 0 Å². The van der Waals surface area contributed by atoms with Crippen LogP contribution in [0.2, 0.25) is 0 Å². The van der Waals surface area contributed by atoms with E-state index >= 15 is 0 Å². The van der Waals surface area contributed by atoms with Crippen molar-refractivity contribution in [3.8, 4) is 22.3 Å². The topological polar surface area (TPSA) is 74.6 Å². The summed E-state index contributed by atoms with van der Waals surface area (Å²) in [6.45, 7) is 0. The van der Waals surface area contributed by atoms with Crippen LogP contribution >= 0.6 is 0 Å². The summed E-state index contributed by atoms with van der Waals surface area (Å²) in [6.07, 6.45) is 0.0498. The van der Waals surface area contributed by atoms with Crippen LogP contribution in [0, 0.1) is 0 Å². The lowest BCUT2D eigenvalue weighted by Crippen LogP contribution is -1.99. The number of aliphatic carboxylic acids is 2. The summed E-state index contributed by atoms with van der Waals surface area (Å²) in [7, 11) is 0. The van der Waals surface area contributed by atoms with Gasteiger partial charge >= 0.3 is 11.9 Å². The smallest absolute Gasteiger partial charge is 0.307 e. The Morgan fingerprint density at radius 3 is 0.962 bits per heavy atom. The van der Waals surface area contributed by atoms with Crippen molar-refractivity contribution in [2.75, 3.05) is 0 Å². The Kier molecular flexibility index (Phi) is 5.13. The molecule has 0 bridgehead atoms. The van der Waals surface area contributed by atoms with Gasteiger partial charge < -0.3 is 10.2 Å². The number of rotatable bonds is 6. The molecule has 0 saturated heterocycles. The lowest BCUT2D eigenvalue weighted by molar-refractivity contribution is -0.137. The second-order valence-corrected chi connectivity index (χ2v) is 6.11. The molecule has 2 N–H and O–H groups in total. The van der Waals surface area contributed by atoms with Crippen LogP contribution in [0.4, 0.5) is 0 Å². The molecule has 3 aromatic rings. The summed E-state index contributed by atoms with van der Waals surface area (Å²) in [5, 5.41) is 17.6. The minimum Gasteiger partial charge on any atom is -0.481 e. The number of benzene rings is 3. The molecule has 26 heavy (non-hydrogen) atoms. The van der Waals surface area contributed by atoms with Crippen LogP contribution in [0.1, 0.15) is 11.1 Å². The lowest BCUT2D eigenvalue weighted by Gasteiger charge is -2.07. The van der Waals surface area contributed by atoms with Gasteiger partial charge in [-0.05, 0) is 33.4 Å². The van der Waals surface area contributed by atoms with Crippen molar-refractivity contribution in [1.29, 1.82) is 0 Å². The molecular formula is C22H18O4. The average Bonchev–Trinajstić information content (AvgIpc) is 2.62. The zero-order valence-electron chi connectivity index (χ0n) is 14.1. The Labute approximate surface area is 151 Å². The van der Waals surface area contributed by atoms with Crippen LogP contribution in [0.15, 0.2) is 72.8 Å². The normalized spacial score (nSPS) is 10.5. The van der Waals surface area contributed by atoms with Gasteiger partial charge in [0.15, 0.2) is 0 Å². The van der Waals surface area contributed by atoms with Crippen LogP contribution in [0.25, 0.3) is 22.3 Å². The van der Waals surface area contributed by atoms with E-state index in [1.54, 1.807) is 0 Å². The molecule has 0 aromatic heterocycles. The molecule has 3 aromatic carbocycles. The summed E-state index contributed by atoms with van der Waals surface area (Å²) in [5.41, 5.74) is 5.72. The first-order valence-corrected chi connectivity index (χ1v) is 8.23. The fourth-order valence-corrected chi connectivity index (χ4v) is 2.83. The van der Waals surface area contributed by atoms with Crippen molar-refractivity contribution in [3.05, 3.63) is 83.9 Å². The fourth-order valence-electron chi connectivity index (χ4n) is 2.83. The van der Waals surface area contributed by atoms with Gasteiger partial charge in [-0.25, -0.2) is 0 Å². The van der Waals surface area contributed by atoms with Gasteiger partial charge in [0.2, 0.25) is 0 Å². The van der Waals surface area contributed by atoms with E-state index < -0.39 is 11.9 Å². The maximum Gasteiger partial charge on any atom is 0.307 e. The Hall–Kier alpha value is -3.40. The zero-order valence-corrected chi connectivity index (χ0v) is 14.1. The Morgan fingerprint density at radius 1 is 0.500 bits per heavy atom. The largest absolute Gasteiger partial charge is 0.481 e. The van der Waals surface area contributed by atoms with Crippen LogP contribution in [0.3, 0.4) is 0 Å². The Morgan fingerprint density at radius 2 is 0.731 bits per heavy atom. The molecule has 4 nitrogen and oxygen atoms in total. The summed E-state index contributed by atoms with van der Waals surface area (Å²) in [6, 6.07) is 23.1. The van der Waals surface area contributed by atoms with E-state index in [0.717, 1.165) is 33.4 Å². The number of carboxylic acid groups (broad SMARTS) is 2. The highest BCUT2D eigenvalue weighted by atomic mass is 16.4. The van der Waals surface area contributed by atoms with Crippen LogP contribution in [-0.2, 0) is 22.4 Å². The molecule has 0 heterocycles. The van der Waals surface area contributed by atoms with E-state index in [4.69, 9.17) is 10.2 Å². The molecule has 0 aliphatic heterocycles. The number of hydrogen-bond acceptors (Lipinski definition) is 2. The van der Waals surface area contributed by atoms with Gasteiger partial charge in [0.05, 0.1) is 12.8 Å². The van der Waals surface area contributed by atoms with E-state index in [1.807, 2.05) is 72.8 Å². The van der Waals surface area contributed by atoms with Gasteiger partial charge in [0.25, 0.3) is 0 Å². The zero-order chi connectivity index (χ0) is 18.5. The first-order chi connectivity index (χ1) is 12.5. The maximum atomic E-state index is 10.7. The maximum absolute atomic E-state index is 10.7. The van der Waals surface area contributed by atoms with E-state index in [9.17, 15) is 9.59 Å². The molecule has 0 fully saturated rings. The minimum atomic E-state index is -0.837. The summed E-state index contributed by atoms with van der Waals surface area (Å²) in [5.74, 6) is -1.67. The molecule has 0 unspecified atom stereocenters. The quantitative estimate of drug-likeness (QED) is 0.699. The number of carbonyl (C=O) groups is 2. The highest BCUT2D eigenvalue weighted by molar-refractivity contribution is 5.73. The third-order valence-corrected chi connectivity index (χ3v) is 4.17. The second-order valence-electron chi connectivity index (χ2n) is 6.11. The molecule has 0 amide bonds. The summed E-state index contributed by atoms with van der Waals surface area (Å²) < 4.78 is 0. The minimum absolute atomic E-state index is 0.0249. The molecule has 0 aliphatic carbocycles. The van der Waals surface area contributed by atoms with Crippen molar-refractivity contribution in [2.24, 2.45) is 0 Å². The first kappa shape index (κ1) is 17.4. The van der Waals surface area contributed by atoms with Gasteiger partial charge in [0.1, 0.15) is 0 Å². The third-order valence-electron chi connectivity index (χ3n) is 4.17. The average molecular weight is 346 g/mol. The van der Waals surface area contributed by atoms with Crippen LogP contribution in [0.5, 0.6) is 0 Å².